The van der Waals surface area contributed by atoms with Crippen molar-refractivity contribution in [2.24, 2.45) is 0 Å². The van der Waals surface area contributed by atoms with E-state index in [1.165, 1.54) is 37.1 Å². The first-order valence-electron chi connectivity index (χ1n) is 10.5. The summed E-state index contributed by atoms with van der Waals surface area (Å²) in [6.07, 6.45) is 5.14. The van der Waals surface area contributed by atoms with Gasteiger partial charge in [-0.2, -0.15) is 0 Å². The fourth-order valence-corrected chi connectivity index (χ4v) is 4.87. The van der Waals surface area contributed by atoms with Crippen LogP contribution in [-0.2, 0) is 16.2 Å². The summed E-state index contributed by atoms with van der Waals surface area (Å²) >= 11 is 5.86. The van der Waals surface area contributed by atoms with Crippen LogP contribution in [0.3, 0.4) is 0 Å². The summed E-state index contributed by atoms with van der Waals surface area (Å²) in [7, 11) is 1.64. The first-order chi connectivity index (χ1) is 13.5. The number of aromatic nitrogens is 2. The Hall–Kier alpha value is -1.22. The molecule has 3 rings (SSSR count). The van der Waals surface area contributed by atoms with Crippen molar-refractivity contribution in [2.45, 2.75) is 52.2 Å². The molecule has 2 aliphatic rings. The number of piperazine rings is 1. The number of methoxy groups -OCH3 is 1. The van der Waals surface area contributed by atoms with E-state index in [9.17, 15) is 4.79 Å². The van der Waals surface area contributed by atoms with Crippen molar-refractivity contribution in [3.8, 4) is 0 Å². The van der Waals surface area contributed by atoms with Gasteiger partial charge >= 0.3 is 0 Å². The van der Waals surface area contributed by atoms with Crippen molar-refractivity contribution < 1.29 is 9.53 Å². The summed E-state index contributed by atoms with van der Waals surface area (Å²) in [5.41, 5.74) is 2.61. The molecule has 0 aromatic carbocycles. The van der Waals surface area contributed by atoms with Gasteiger partial charge in [0, 0.05) is 57.3 Å². The van der Waals surface area contributed by atoms with Crippen molar-refractivity contribution in [2.75, 3.05) is 53.0 Å². The molecule has 1 aliphatic heterocycles. The first-order valence-corrected chi connectivity index (χ1v) is 10.9. The van der Waals surface area contributed by atoms with Gasteiger partial charge in [-0.1, -0.05) is 12.8 Å². The number of carbonyl (C=O) groups is 1. The van der Waals surface area contributed by atoms with Crippen LogP contribution >= 0.6 is 12.2 Å². The fourth-order valence-electron chi connectivity index (χ4n) is 4.39. The molecule has 0 unspecified atom stereocenters. The lowest BCUT2D eigenvalue weighted by atomic mass is 10.2. The minimum atomic E-state index is 0.0767. The molecule has 1 N–H and O–H groups in total. The van der Waals surface area contributed by atoms with Crippen molar-refractivity contribution in [3.63, 3.8) is 0 Å². The number of rotatable bonds is 8. The first kappa shape index (κ1) is 21.5. The molecule has 0 atom stereocenters. The van der Waals surface area contributed by atoms with E-state index in [0.717, 1.165) is 37.6 Å². The van der Waals surface area contributed by atoms with Gasteiger partial charge in [-0.05, 0) is 38.9 Å². The molecule has 8 heteroatoms. The van der Waals surface area contributed by atoms with Crippen LogP contribution in [0, 0.1) is 18.6 Å². The van der Waals surface area contributed by atoms with E-state index < -0.39 is 0 Å². The third-order valence-electron chi connectivity index (χ3n) is 6.22. The van der Waals surface area contributed by atoms with Crippen LogP contribution in [0.15, 0.2) is 0 Å². The maximum absolute atomic E-state index is 12.0. The second-order valence-electron chi connectivity index (χ2n) is 8.07. The maximum atomic E-state index is 12.0. The van der Waals surface area contributed by atoms with Gasteiger partial charge in [0.05, 0.1) is 19.8 Å². The van der Waals surface area contributed by atoms with Crippen LogP contribution in [0.2, 0.25) is 0 Å². The Balaban J connectivity index is 1.53. The Morgan fingerprint density at radius 2 is 1.75 bits per heavy atom. The van der Waals surface area contributed by atoms with E-state index >= 15 is 0 Å². The van der Waals surface area contributed by atoms with E-state index in [1.54, 1.807) is 7.11 Å². The van der Waals surface area contributed by atoms with E-state index in [-0.39, 0.29) is 5.91 Å². The Morgan fingerprint density at radius 1 is 1.11 bits per heavy atom. The zero-order valence-corrected chi connectivity index (χ0v) is 18.4. The SMILES string of the molecule is COCCNC(=O)CN1CCN(Cn2c(C)c(C)n(C3CCCC3)c2=S)CC1. The quantitative estimate of drug-likeness (QED) is 0.526. The average Bonchev–Trinajstić information content (AvgIpc) is 3.27. The van der Waals surface area contributed by atoms with Gasteiger partial charge in [0.25, 0.3) is 0 Å². The number of hydrogen-bond donors (Lipinski definition) is 1. The second kappa shape index (κ2) is 10.0. The third kappa shape index (κ3) is 5.03. The molecule has 1 saturated heterocycles. The predicted octanol–water partition coefficient (Wildman–Crippen LogP) is 2.09. The summed E-state index contributed by atoms with van der Waals surface area (Å²) in [4.78, 5) is 16.6. The van der Waals surface area contributed by atoms with Gasteiger partial charge < -0.3 is 19.2 Å². The minimum Gasteiger partial charge on any atom is -0.383 e. The molecule has 1 aromatic rings. The summed E-state index contributed by atoms with van der Waals surface area (Å²) in [5.74, 6) is 0.0767. The molecule has 2 heterocycles. The molecule has 1 amide bonds. The molecule has 0 radical (unpaired) electrons. The molecule has 0 spiro atoms. The highest BCUT2D eigenvalue weighted by Gasteiger charge is 2.24. The van der Waals surface area contributed by atoms with Crippen molar-refractivity contribution in [1.29, 1.82) is 0 Å². The highest BCUT2D eigenvalue weighted by Crippen LogP contribution is 2.32. The van der Waals surface area contributed by atoms with Crippen LogP contribution in [0.1, 0.15) is 43.1 Å². The number of ether oxygens (including phenoxy) is 1. The minimum absolute atomic E-state index is 0.0767. The predicted molar refractivity (Wildman–Crippen MR) is 113 cm³/mol. The van der Waals surface area contributed by atoms with Crippen LogP contribution < -0.4 is 5.32 Å². The molecular formula is C20H35N5O2S. The van der Waals surface area contributed by atoms with Crippen molar-refractivity contribution in [1.82, 2.24) is 24.3 Å². The lowest BCUT2D eigenvalue weighted by molar-refractivity contribution is -0.122. The number of carbonyl (C=O) groups excluding carboxylic acids is 1. The van der Waals surface area contributed by atoms with Crippen LogP contribution in [0.5, 0.6) is 0 Å². The van der Waals surface area contributed by atoms with Gasteiger partial charge in [-0.15, -0.1) is 0 Å². The molecule has 158 valence electrons. The van der Waals surface area contributed by atoms with Crippen LogP contribution in [0.4, 0.5) is 0 Å². The molecule has 1 aliphatic carbocycles. The van der Waals surface area contributed by atoms with Gasteiger partial charge in [-0.25, -0.2) is 0 Å². The normalized spacial score (nSPS) is 19.4. The highest BCUT2D eigenvalue weighted by molar-refractivity contribution is 7.71. The number of nitrogens with zero attached hydrogens (tertiary/aromatic N) is 4. The standard InChI is InChI=1S/C20H35N5O2S/c1-16-17(2)25(18-6-4-5-7-18)20(28)24(16)15-23-11-9-22(10-12-23)14-19(26)21-8-13-27-3/h18H,4-15H2,1-3H3,(H,21,26). The number of amides is 1. The van der Waals surface area contributed by atoms with Crippen LogP contribution in [-0.4, -0.2) is 77.8 Å². The highest BCUT2D eigenvalue weighted by atomic mass is 32.1. The van der Waals surface area contributed by atoms with E-state index in [4.69, 9.17) is 17.0 Å². The van der Waals surface area contributed by atoms with Gasteiger partial charge in [0.1, 0.15) is 0 Å². The topological polar surface area (TPSA) is 54.7 Å². The summed E-state index contributed by atoms with van der Waals surface area (Å²) in [6.45, 7) is 10.6. The fraction of sp³-hybridized carbons (Fsp3) is 0.800. The molecule has 2 fully saturated rings. The molecule has 0 bridgehead atoms. The number of hydrogen-bond acceptors (Lipinski definition) is 5. The zero-order chi connectivity index (χ0) is 20.1. The van der Waals surface area contributed by atoms with Crippen molar-refractivity contribution in [3.05, 3.63) is 16.2 Å². The molecule has 7 nitrogen and oxygen atoms in total. The van der Waals surface area contributed by atoms with Gasteiger partial charge in [0.15, 0.2) is 4.77 Å². The zero-order valence-electron chi connectivity index (χ0n) is 17.6. The molecule has 1 aromatic heterocycles. The summed E-state index contributed by atoms with van der Waals surface area (Å²) in [6, 6.07) is 0.584. The van der Waals surface area contributed by atoms with E-state index in [1.807, 2.05) is 0 Å². The summed E-state index contributed by atoms with van der Waals surface area (Å²) < 4.78 is 10.6. The second-order valence-corrected chi connectivity index (χ2v) is 8.43. The number of nitrogens with one attached hydrogen (secondary N) is 1. The molecule has 1 saturated carbocycles. The smallest absolute Gasteiger partial charge is 0.234 e. The number of imidazole rings is 1. The van der Waals surface area contributed by atoms with Gasteiger partial charge in [0.2, 0.25) is 5.91 Å². The molecule has 28 heavy (non-hydrogen) atoms. The van der Waals surface area contributed by atoms with Crippen molar-refractivity contribution >= 4 is 18.1 Å². The summed E-state index contributed by atoms with van der Waals surface area (Å²) in [5, 5.41) is 2.89. The average molecular weight is 410 g/mol. The Kier molecular flexibility index (Phi) is 7.68. The maximum Gasteiger partial charge on any atom is 0.234 e. The molecular weight excluding hydrogens is 374 g/mol. The van der Waals surface area contributed by atoms with Crippen LogP contribution in [0.25, 0.3) is 0 Å². The Labute approximate surface area is 173 Å². The van der Waals surface area contributed by atoms with Gasteiger partial charge in [-0.3, -0.25) is 14.6 Å². The largest absolute Gasteiger partial charge is 0.383 e. The third-order valence-corrected chi connectivity index (χ3v) is 6.64. The lowest BCUT2D eigenvalue weighted by Gasteiger charge is -2.34. The Bertz CT molecular complexity index is 715. The van der Waals surface area contributed by atoms with E-state index in [2.05, 4.69) is 38.1 Å². The monoisotopic (exact) mass is 409 g/mol. The Morgan fingerprint density at radius 3 is 2.39 bits per heavy atom. The lowest BCUT2D eigenvalue weighted by Crippen LogP contribution is -2.49. The van der Waals surface area contributed by atoms with E-state index in [0.29, 0.717) is 25.7 Å².